The van der Waals surface area contributed by atoms with Gasteiger partial charge in [-0.1, -0.05) is 39.3 Å². The van der Waals surface area contributed by atoms with Crippen LogP contribution in [-0.4, -0.2) is 46.8 Å². The minimum Gasteiger partial charge on any atom is -0.396 e. The molecular weight excluding hydrogens is 422 g/mol. The summed E-state index contributed by atoms with van der Waals surface area (Å²) in [4.78, 5) is 14.9. The minimum atomic E-state index is -0.123. The van der Waals surface area contributed by atoms with Gasteiger partial charge in [0.2, 0.25) is 5.91 Å². The predicted molar refractivity (Wildman–Crippen MR) is 136 cm³/mol. The van der Waals surface area contributed by atoms with Crippen molar-refractivity contribution in [1.29, 1.82) is 0 Å². The van der Waals surface area contributed by atoms with Gasteiger partial charge in [0, 0.05) is 24.9 Å². The van der Waals surface area contributed by atoms with Gasteiger partial charge in [0.25, 0.3) is 0 Å². The lowest BCUT2D eigenvalue weighted by Gasteiger charge is -2.58. The van der Waals surface area contributed by atoms with Gasteiger partial charge in [0.1, 0.15) is 0 Å². The molecule has 192 valence electrons. The zero-order valence-corrected chi connectivity index (χ0v) is 22.2. The normalized spacial score (nSPS) is 46.9. The van der Waals surface area contributed by atoms with Crippen LogP contribution >= 0.6 is 0 Å². The highest BCUT2D eigenvalue weighted by Gasteiger charge is 2.59. The van der Waals surface area contributed by atoms with Crippen LogP contribution in [0.4, 0.5) is 0 Å². The van der Waals surface area contributed by atoms with E-state index in [1.807, 2.05) is 4.90 Å². The number of hydrogen-bond donors (Lipinski definition) is 2. The maximum absolute atomic E-state index is 12.9. The van der Waals surface area contributed by atoms with Gasteiger partial charge < -0.3 is 15.1 Å². The Morgan fingerprint density at radius 1 is 1.12 bits per heavy atom. The molecule has 0 aromatic rings. The Labute approximate surface area is 207 Å². The summed E-state index contributed by atoms with van der Waals surface area (Å²) in [5, 5.41) is 19.9. The van der Waals surface area contributed by atoms with Gasteiger partial charge in [-0.2, -0.15) is 0 Å². The molecule has 5 aliphatic rings. The Morgan fingerprint density at radius 2 is 1.91 bits per heavy atom. The molecule has 0 spiro atoms. The summed E-state index contributed by atoms with van der Waals surface area (Å²) in [6.07, 6.45) is 14.7. The summed E-state index contributed by atoms with van der Waals surface area (Å²) < 4.78 is 0. The van der Waals surface area contributed by atoms with Crippen LogP contribution in [0.2, 0.25) is 0 Å². The molecule has 0 unspecified atom stereocenters. The Bertz CT molecular complexity index is 824. The van der Waals surface area contributed by atoms with Gasteiger partial charge in [-0.25, -0.2) is 0 Å². The molecule has 4 heteroatoms. The van der Waals surface area contributed by atoms with E-state index in [4.69, 9.17) is 0 Å². The van der Waals surface area contributed by atoms with E-state index in [-0.39, 0.29) is 18.1 Å². The van der Waals surface area contributed by atoms with Crippen molar-refractivity contribution in [2.45, 2.75) is 104 Å². The average Bonchev–Trinajstić information content (AvgIpc) is 3.38. The lowest BCUT2D eigenvalue weighted by Crippen LogP contribution is -2.50. The second-order valence-electron chi connectivity index (χ2n) is 13.9. The Balaban J connectivity index is 1.23. The molecule has 4 nitrogen and oxygen atoms in total. The van der Waals surface area contributed by atoms with Gasteiger partial charge in [0.15, 0.2) is 0 Å². The summed E-state index contributed by atoms with van der Waals surface area (Å²) in [5.74, 6) is 4.05. The van der Waals surface area contributed by atoms with Gasteiger partial charge in [-0.15, -0.1) is 0 Å². The molecule has 1 saturated heterocycles. The SMILES string of the molecule is C[C@H](CCC(=O)N1CC[C@@](C)(CO)C1)[C@H]1CC[C@H]2[C@@H]3CC=C4C[C@@H](O)CC[C@]4(C)[C@H]3CC[C@]12C. The van der Waals surface area contributed by atoms with Crippen molar-refractivity contribution in [3.8, 4) is 0 Å². The number of hydrogen-bond acceptors (Lipinski definition) is 3. The molecule has 34 heavy (non-hydrogen) atoms. The Hall–Kier alpha value is -0.870. The maximum Gasteiger partial charge on any atom is 0.222 e. The fourth-order valence-electron chi connectivity index (χ4n) is 9.69. The number of carbonyl (C=O) groups excluding carboxylic acids is 1. The van der Waals surface area contributed by atoms with Crippen molar-refractivity contribution in [1.82, 2.24) is 4.90 Å². The van der Waals surface area contributed by atoms with E-state index in [0.717, 1.165) is 55.9 Å². The summed E-state index contributed by atoms with van der Waals surface area (Å²) >= 11 is 0. The van der Waals surface area contributed by atoms with Crippen molar-refractivity contribution in [2.75, 3.05) is 19.7 Å². The summed E-state index contributed by atoms with van der Waals surface area (Å²) in [6.45, 7) is 11.3. The molecule has 4 aliphatic carbocycles. The zero-order chi connectivity index (χ0) is 24.3. The van der Waals surface area contributed by atoms with Crippen molar-refractivity contribution in [3.63, 3.8) is 0 Å². The number of fused-ring (bicyclic) bond motifs is 5. The molecule has 4 fully saturated rings. The lowest BCUT2D eigenvalue weighted by molar-refractivity contribution is -0.131. The second-order valence-corrected chi connectivity index (χ2v) is 13.9. The molecule has 5 rings (SSSR count). The molecule has 1 amide bonds. The van der Waals surface area contributed by atoms with Crippen LogP contribution in [0.5, 0.6) is 0 Å². The first kappa shape index (κ1) is 24.8. The first-order valence-electron chi connectivity index (χ1n) is 14.4. The van der Waals surface area contributed by atoms with Crippen LogP contribution < -0.4 is 0 Å². The van der Waals surface area contributed by atoms with Crippen LogP contribution in [0.3, 0.4) is 0 Å². The summed E-state index contributed by atoms with van der Waals surface area (Å²) in [5.41, 5.74) is 2.20. The summed E-state index contributed by atoms with van der Waals surface area (Å²) in [7, 11) is 0. The van der Waals surface area contributed by atoms with Crippen LogP contribution in [-0.2, 0) is 4.79 Å². The molecule has 0 aromatic heterocycles. The maximum atomic E-state index is 12.9. The molecule has 1 heterocycles. The predicted octanol–water partition coefficient (Wildman–Crippen LogP) is 5.57. The minimum absolute atomic E-state index is 0.104. The molecule has 0 aromatic carbocycles. The summed E-state index contributed by atoms with van der Waals surface area (Å²) in [6, 6.07) is 0. The van der Waals surface area contributed by atoms with Gasteiger partial charge in [-0.05, 0) is 105 Å². The molecule has 0 radical (unpaired) electrons. The molecule has 1 aliphatic heterocycles. The standard InChI is InChI=1S/C30H49NO3/c1-20(5-10-27(34)31-16-15-28(2,18-31)19-32)24-8-9-25-23-7-6-21-17-22(33)11-13-29(21,3)26(23)12-14-30(24,25)4/h6,20,22-26,32-33H,5,7-19H2,1-4H3/t20-,22+,23+,24-,25+,26+,28-,29+,30-/m1/s1. The molecular formula is C30H49NO3. The van der Waals surface area contributed by atoms with Crippen LogP contribution in [0.1, 0.15) is 98.3 Å². The number of allylic oxidation sites excluding steroid dienone is 1. The van der Waals surface area contributed by atoms with Gasteiger partial charge in [-0.3, -0.25) is 4.79 Å². The van der Waals surface area contributed by atoms with Crippen LogP contribution in [0.25, 0.3) is 0 Å². The van der Waals surface area contributed by atoms with E-state index >= 15 is 0 Å². The number of aliphatic hydroxyl groups is 2. The second kappa shape index (κ2) is 8.91. The quantitative estimate of drug-likeness (QED) is 0.515. The Kier molecular flexibility index (Phi) is 6.50. The van der Waals surface area contributed by atoms with E-state index in [0.29, 0.717) is 35.6 Å². The fourth-order valence-corrected chi connectivity index (χ4v) is 9.69. The van der Waals surface area contributed by atoms with Gasteiger partial charge >= 0.3 is 0 Å². The number of nitrogens with zero attached hydrogens (tertiary/aromatic N) is 1. The fraction of sp³-hybridized carbons (Fsp3) is 0.900. The number of carbonyl (C=O) groups is 1. The monoisotopic (exact) mass is 471 g/mol. The van der Waals surface area contributed by atoms with Crippen molar-refractivity contribution in [2.24, 2.45) is 45.8 Å². The number of rotatable bonds is 5. The molecule has 3 saturated carbocycles. The highest BCUT2D eigenvalue weighted by atomic mass is 16.3. The van der Waals surface area contributed by atoms with Crippen molar-refractivity contribution < 1.29 is 15.0 Å². The van der Waals surface area contributed by atoms with E-state index in [1.54, 1.807) is 5.57 Å². The number of aliphatic hydroxyl groups excluding tert-OH is 2. The van der Waals surface area contributed by atoms with Crippen molar-refractivity contribution in [3.05, 3.63) is 11.6 Å². The molecule has 9 atom stereocenters. The lowest BCUT2D eigenvalue weighted by atomic mass is 9.47. The first-order chi connectivity index (χ1) is 16.1. The Morgan fingerprint density at radius 3 is 2.65 bits per heavy atom. The third-order valence-electron chi connectivity index (χ3n) is 11.9. The van der Waals surface area contributed by atoms with E-state index < -0.39 is 0 Å². The van der Waals surface area contributed by atoms with E-state index in [9.17, 15) is 15.0 Å². The molecule has 0 bridgehead atoms. The van der Waals surface area contributed by atoms with E-state index in [2.05, 4.69) is 33.8 Å². The molecule has 2 N–H and O–H groups in total. The topological polar surface area (TPSA) is 60.8 Å². The smallest absolute Gasteiger partial charge is 0.222 e. The highest BCUT2D eigenvalue weighted by molar-refractivity contribution is 5.76. The van der Waals surface area contributed by atoms with Crippen molar-refractivity contribution >= 4 is 5.91 Å². The van der Waals surface area contributed by atoms with Gasteiger partial charge in [0.05, 0.1) is 12.7 Å². The van der Waals surface area contributed by atoms with Crippen LogP contribution in [0, 0.1) is 45.8 Å². The van der Waals surface area contributed by atoms with E-state index in [1.165, 1.54) is 38.5 Å². The third-order valence-corrected chi connectivity index (χ3v) is 11.9. The first-order valence-corrected chi connectivity index (χ1v) is 14.4. The average molecular weight is 472 g/mol. The number of amides is 1. The number of likely N-dealkylation sites (tertiary alicyclic amines) is 1. The zero-order valence-electron chi connectivity index (χ0n) is 22.2. The highest BCUT2D eigenvalue weighted by Crippen LogP contribution is 2.67. The largest absolute Gasteiger partial charge is 0.396 e. The third kappa shape index (κ3) is 3.99. The van der Waals surface area contributed by atoms with Crippen LogP contribution in [0.15, 0.2) is 11.6 Å².